The van der Waals surface area contributed by atoms with Gasteiger partial charge < -0.3 is 10.0 Å². The molecule has 1 aromatic rings. The van der Waals surface area contributed by atoms with E-state index in [-0.39, 0.29) is 18.3 Å². The third kappa shape index (κ3) is 2.61. The smallest absolute Gasteiger partial charge is 0.333 e. The summed E-state index contributed by atoms with van der Waals surface area (Å²) in [5.74, 6) is 0.476. The summed E-state index contributed by atoms with van der Waals surface area (Å²) in [4.78, 5) is 12.5. The Morgan fingerprint density at radius 1 is 1.56 bits per heavy atom. The first-order valence-corrected chi connectivity index (χ1v) is 6.03. The first-order valence-electron chi connectivity index (χ1n) is 6.03. The number of aromatic nitrogens is 2. The zero-order valence-corrected chi connectivity index (χ0v) is 11.3. The zero-order valence-electron chi connectivity index (χ0n) is 11.3. The van der Waals surface area contributed by atoms with Crippen LogP contribution in [-0.2, 0) is 0 Å². The third-order valence-electron chi connectivity index (χ3n) is 2.75. The Morgan fingerprint density at radius 2 is 2.17 bits per heavy atom. The summed E-state index contributed by atoms with van der Waals surface area (Å²) in [6.45, 7) is 8.26. The largest absolute Gasteiger partial charge is 0.395 e. The van der Waals surface area contributed by atoms with E-state index in [1.807, 2.05) is 20.8 Å². The summed E-state index contributed by atoms with van der Waals surface area (Å²) in [6, 6.07) is 0.0279. The maximum atomic E-state index is 11.2. The van der Waals surface area contributed by atoms with Crippen LogP contribution in [0.5, 0.6) is 0 Å². The zero-order chi connectivity index (χ0) is 13.9. The number of likely N-dealkylation sites (N-methyl/N-ethyl adjacent to an activating group) is 1. The van der Waals surface area contributed by atoms with Crippen LogP contribution in [0.2, 0.25) is 0 Å². The van der Waals surface area contributed by atoms with Crippen molar-refractivity contribution in [1.82, 2.24) is 9.78 Å². The fourth-order valence-electron chi connectivity index (χ4n) is 1.93. The number of aryl methyl sites for hydroxylation is 1. The van der Waals surface area contributed by atoms with Gasteiger partial charge in [-0.05, 0) is 27.7 Å². The Bertz CT molecular complexity index is 428. The molecule has 1 aromatic heterocycles. The van der Waals surface area contributed by atoms with Crippen molar-refractivity contribution in [3.8, 4) is 0 Å². The number of aliphatic hydroxyl groups excluding tert-OH is 1. The van der Waals surface area contributed by atoms with Crippen molar-refractivity contribution < 1.29 is 10.0 Å². The lowest BCUT2D eigenvalue weighted by atomic mass is 10.3. The average molecular weight is 256 g/mol. The Hall–Kier alpha value is -1.63. The van der Waals surface area contributed by atoms with Gasteiger partial charge in [0.25, 0.3) is 0 Å². The second-order valence-corrected chi connectivity index (χ2v) is 4.36. The van der Waals surface area contributed by atoms with Gasteiger partial charge in [-0.1, -0.05) is 0 Å². The molecule has 0 unspecified atom stereocenters. The maximum absolute atomic E-state index is 11.2. The molecule has 1 heterocycles. The van der Waals surface area contributed by atoms with E-state index in [1.54, 1.807) is 16.5 Å². The SMILES string of the molecule is CCN(CCO)c1c([N+](=O)[O-])c(C)nn1C(C)C. The minimum absolute atomic E-state index is 0.0269. The summed E-state index contributed by atoms with van der Waals surface area (Å²) in [6.07, 6.45) is 0. The molecule has 0 spiro atoms. The van der Waals surface area contributed by atoms with E-state index in [0.717, 1.165) is 0 Å². The van der Waals surface area contributed by atoms with Gasteiger partial charge >= 0.3 is 5.69 Å². The van der Waals surface area contributed by atoms with Crippen LogP contribution in [0.1, 0.15) is 32.5 Å². The van der Waals surface area contributed by atoms with Crippen molar-refractivity contribution in [3.05, 3.63) is 15.8 Å². The molecule has 0 aromatic carbocycles. The minimum atomic E-state index is -0.406. The fourth-order valence-corrected chi connectivity index (χ4v) is 1.93. The Balaban J connectivity index is 3.39. The van der Waals surface area contributed by atoms with Crippen molar-refractivity contribution in [1.29, 1.82) is 0 Å². The highest BCUT2D eigenvalue weighted by Crippen LogP contribution is 2.33. The van der Waals surface area contributed by atoms with Gasteiger partial charge in [0.05, 0.1) is 11.5 Å². The molecule has 0 saturated heterocycles. The van der Waals surface area contributed by atoms with Crippen LogP contribution in [0.3, 0.4) is 0 Å². The maximum Gasteiger partial charge on any atom is 0.333 e. The van der Waals surface area contributed by atoms with Crippen LogP contribution in [0.15, 0.2) is 0 Å². The lowest BCUT2D eigenvalue weighted by molar-refractivity contribution is -0.384. The number of aliphatic hydroxyl groups is 1. The van der Waals surface area contributed by atoms with Gasteiger partial charge in [0.1, 0.15) is 5.69 Å². The molecule has 0 saturated carbocycles. The van der Waals surface area contributed by atoms with Crippen LogP contribution in [-0.4, -0.2) is 39.5 Å². The molecule has 102 valence electrons. The van der Waals surface area contributed by atoms with Gasteiger partial charge in [-0.2, -0.15) is 5.10 Å². The van der Waals surface area contributed by atoms with Gasteiger partial charge in [-0.15, -0.1) is 0 Å². The van der Waals surface area contributed by atoms with E-state index in [4.69, 9.17) is 5.11 Å². The van der Waals surface area contributed by atoms with Gasteiger partial charge in [0, 0.05) is 19.1 Å². The number of nitro groups is 1. The van der Waals surface area contributed by atoms with Crippen molar-refractivity contribution in [2.45, 2.75) is 33.7 Å². The molecule has 0 aliphatic heterocycles. The lowest BCUT2D eigenvalue weighted by Crippen LogP contribution is -2.29. The highest BCUT2D eigenvalue weighted by atomic mass is 16.6. The van der Waals surface area contributed by atoms with Crippen LogP contribution in [0.4, 0.5) is 11.5 Å². The van der Waals surface area contributed by atoms with Gasteiger partial charge in [-0.25, -0.2) is 4.68 Å². The van der Waals surface area contributed by atoms with Crippen molar-refractivity contribution in [2.24, 2.45) is 0 Å². The van der Waals surface area contributed by atoms with E-state index < -0.39 is 4.92 Å². The van der Waals surface area contributed by atoms with E-state index in [1.165, 1.54) is 0 Å². The Kier molecular flexibility index (Phi) is 4.66. The monoisotopic (exact) mass is 256 g/mol. The van der Waals surface area contributed by atoms with Crippen LogP contribution >= 0.6 is 0 Å². The molecular formula is C11H20N4O3. The summed E-state index contributed by atoms with van der Waals surface area (Å²) < 4.78 is 1.65. The quantitative estimate of drug-likeness (QED) is 0.616. The molecule has 0 amide bonds. The first kappa shape index (κ1) is 14.4. The Labute approximate surface area is 106 Å². The number of nitrogens with zero attached hydrogens (tertiary/aromatic N) is 4. The first-order chi connectivity index (χ1) is 8.43. The van der Waals surface area contributed by atoms with E-state index in [2.05, 4.69) is 5.10 Å². The predicted molar refractivity (Wildman–Crippen MR) is 69.0 cm³/mol. The highest BCUT2D eigenvalue weighted by Gasteiger charge is 2.29. The van der Waals surface area contributed by atoms with Gasteiger partial charge in [0.2, 0.25) is 5.82 Å². The highest BCUT2D eigenvalue weighted by molar-refractivity contribution is 5.61. The molecular weight excluding hydrogens is 236 g/mol. The summed E-state index contributed by atoms with van der Waals surface area (Å²) >= 11 is 0. The van der Waals surface area contributed by atoms with Gasteiger partial charge in [0.15, 0.2) is 0 Å². The van der Waals surface area contributed by atoms with E-state index in [9.17, 15) is 10.1 Å². The average Bonchev–Trinajstić information content (AvgIpc) is 2.63. The standard InChI is InChI=1S/C11H20N4O3/c1-5-13(6-7-16)11-10(15(17)18)9(4)12-14(11)8(2)3/h8,16H,5-7H2,1-4H3. The second kappa shape index (κ2) is 5.81. The van der Waals surface area contributed by atoms with Gasteiger partial charge in [-0.3, -0.25) is 10.1 Å². The number of rotatable bonds is 6. The fraction of sp³-hybridized carbons (Fsp3) is 0.727. The Morgan fingerprint density at radius 3 is 2.56 bits per heavy atom. The summed E-state index contributed by atoms with van der Waals surface area (Å²) in [5, 5.41) is 24.5. The van der Waals surface area contributed by atoms with Crippen molar-refractivity contribution in [2.75, 3.05) is 24.6 Å². The normalized spacial score (nSPS) is 11.0. The molecule has 18 heavy (non-hydrogen) atoms. The third-order valence-corrected chi connectivity index (χ3v) is 2.75. The van der Waals surface area contributed by atoms with Crippen molar-refractivity contribution in [3.63, 3.8) is 0 Å². The molecule has 0 bridgehead atoms. The minimum Gasteiger partial charge on any atom is -0.395 e. The molecule has 0 aliphatic carbocycles. The molecule has 1 N–H and O–H groups in total. The summed E-state index contributed by atoms with van der Waals surface area (Å²) in [7, 11) is 0. The van der Waals surface area contributed by atoms with Crippen LogP contribution in [0.25, 0.3) is 0 Å². The number of hydrogen-bond donors (Lipinski definition) is 1. The molecule has 0 atom stereocenters. The van der Waals surface area contributed by atoms with Crippen molar-refractivity contribution >= 4 is 11.5 Å². The predicted octanol–water partition coefficient (Wildman–Crippen LogP) is 1.50. The lowest BCUT2D eigenvalue weighted by Gasteiger charge is -2.23. The van der Waals surface area contributed by atoms with E-state index >= 15 is 0 Å². The molecule has 1 rings (SSSR count). The molecule has 7 heteroatoms. The topological polar surface area (TPSA) is 84.4 Å². The van der Waals surface area contributed by atoms with Crippen LogP contribution < -0.4 is 4.90 Å². The molecule has 7 nitrogen and oxygen atoms in total. The van der Waals surface area contributed by atoms with E-state index in [0.29, 0.717) is 24.6 Å². The second-order valence-electron chi connectivity index (χ2n) is 4.36. The molecule has 0 radical (unpaired) electrons. The van der Waals surface area contributed by atoms with Crippen LogP contribution in [0, 0.1) is 17.0 Å². The molecule has 0 aliphatic rings. The number of hydrogen-bond acceptors (Lipinski definition) is 5. The molecule has 0 fully saturated rings. The summed E-state index contributed by atoms with van der Waals surface area (Å²) in [5.41, 5.74) is 0.430. The number of anilines is 1.